The summed E-state index contributed by atoms with van der Waals surface area (Å²) in [6.07, 6.45) is 3.10. The number of aryl methyl sites for hydroxylation is 3. The first-order valence-corrected chi connectivity index (χ1v) is 8.53. The van der Waals surface area contributed by atoms with Gasteiger partial charge in [-0.25, -0.2) is 0 Å². The van der Waals surface area contributed by atoms with E-state index in [1.54, 1.807) is 0 Å². The maximum atomic E-state index is 4.39. The number of hydrogen-bond acceptors (Lipinski definition) is 3. The number of rotatable bonds is 5. The predicted molar refractivity (Wildman–Crippen MR) is 100 cm³/mol. The topological polar surface area (TPSA) is 36.8 Å². The zero-order chi connectivity index (χ0) is 17.1. The summed E-state index contributed by atoms with van der Waals surface area (Å²) in [5.41, 5.74) is 8.67. The third kappa shape index (κ3) is 3.80. The van der Waals surface area contributed by atoms with E-state index in [2.05, 4.69) is 85.7 Å². The average Bonchev–Trinajstić information content (AvgIpc) is 3.01. The fourth-order valence-corrected chi connectivity index (χ4v) is 3.01. The summed E-state index contributed by atoms with van der Waals surface area (Å²) in [7, 11) is 0. The normalized spacial score (nSPS) is 16.5. The standard InChI is InChI=1S/C21H25N3/c1-14-5-7-18(8-6-14)9-10-22-21-13-20(23-24-21)19-12-15(2)11-16(3)17(19)4/h5-8,11-13,21-22H,9-10H2,1-4H3. The SMILES string of the molecule is Cc1ccc(CCNC2C=C(c3cc(C)cc(C)c3C)N=N2)cc1. The van der Waals surface area contributed by atoms with Crippen LogP contribution in [0.2, 0.25) is 0 Å². The van der Waals surface area contributed by atoms with Crippen molar-refractivity contribution in [1.82, 2.24) is 5.32 Å². The van der Waals surface area contributed by atoms with Crippen LogP contribution in [0.4, 0.5) is 0 Å². The van der Waals surface area contributed by atoms with Crippen molar-refractivity contribution in [3.63, 3.8) is 0 Å². The fourth-order valence-electron chi connectivity index (χ4n) is 3.01. The van der Waals surface area contributed by atoms with Gasteiger partial charge in [-0.05, 0) is 62.9 Å². The van der Waals surface area contributed by atoms with Gasteiger partial charge in [0.1, 0.15) is 6.17 Å². The highest BCUT2D eigenvalue weighted by Crippen LogP contribution is 2.28. The van der Waals surface area contributed by atoms with E-state index in [1.807, 2.05) is 0 Å². The number of hydrogen-bond donors (Lipinski definition) is 1. The Morgan fingerprint density at radius 3 is 2.46 bits per heavy atom. The van der Waals surface area contributed by atoms with E-state index in [1.165, 1.54) is 33.4 Å². The Morgan fingerprint density at radius 2 is 1.71 bits per heavy atom. The molecule has 0 aromatic heterocycles. The average molecular weight is 319 g/mol. The summed E-state index contributed by atoms with van der Waals surface area (Å²) >= 11 is 0. The van der Waals surface area contributed by atoms with Crippen LogP contribution in [0.15, 0.2) is 52.7 Å². The molecular formula is C21H25N3. The van der Waals surface area contributed by atoms with Gasteiger partial charge in [-0.2, -0.15) is 10.2 Å². The minimum atomic E-state index is -0.0225. The van der Waals surface area contributed by atoms with Gasteiger partial charge >= 0.3 is 0 Å². The molecule has 3 rings (SSSR count). The lowest BCUT2D eigenvalue weighted by Crippen LogP contribution is -2.26. The van der Waals surface area contributed by atoms with Gasteiger partial charge in [0.05, 0.1) is 5.70 Å². The molecule has 24 heavy (non-hydrogen) atoms. The van der Waals surface area contributed by atoms with Crippen LogP contribution < -0.4 is 5.32 Å². The molecule has 2 aromatic rings. The van der Waals surface area contributed by atoms with E-state index in [4.69, 9.17) is 0 Å². The van der Waals surface area contributed by atoms with Crippen LogP contribution in [0.5, 0.6) is 0 Å². The van der Waals surface area contributed by atoms with Crippen LogP contribution in [0.1, 0.15) is 33.4 Å². The van der Waals surface area contributed by atoms with E-state index in [0.29, 0.717) is 0 Å². The van der Waals surface area contributed by atoms with E-state index < -0.39 is 0 Å². The quantitative estimate of drug-likeness (QED) is 0.837. The van der Waals surface area contributed by atoms with E-state index >= 15 is 0 Å². The van der Waals surface area contributed by atoms with Crippen molar-refractivity contribution < 1.29 is 0 Å². The molecule has 0 bridgehead atoms. The van der Waals surface area contributed by atoms with Crippen LogP contribution in [0.25, 0.3) is 5.70 Å². The highest BCUT2D eigenvalue weighted by Gasteiger charge is 2.16. The minimum absolute atomic E-state index is 0.0225. The molecule has 0 saturated carbocycles. The zero-order valence-electron chi connectivity index (χ0n) is 14.9. The van der Waals surface area contributed by atoms with Crippen molar-refractivity contribution in [2.24, 2.45) is 10.2 Å². The summed E-state index contributed by atoms with van der Waals surface area (Å²) < 4.78 is 0. The van der Waals surface area contributed by atoms with Gasteiger partial charge in [-0.1, -0.05) is 41.5 Å². The summed E-state index contributed by atoms with van der Waals surface area (Å²) in [6.45, 7) is 9.43. The van der Waals surface area contributed by atoms with Gasteiger partial charge in [0.15, 0.2) is 0 Å². The third-order valence-corrected chi connectivity index (χ3v) is 4.58. The van der Waals surface area contributed by atoms with Crippen molar-refractivity contribution in [1.29, 1.82) is 0 Å². The lowest BCUT2D eigenvalue weighted by atomic mass is 9.98. The number of nitrogens with zero attached hydrogens (tertiary/aromatic N) is 2. The minimum Gasteiger partial charge on any atom is -0.291 e. The van der Waals surface area contributed by atoms with Gasteiger partial charge in [0.2, 0.25) is 0 Å². The first-order chi connectivity index (χ1) is 11.5. The van der Waals surface area contributed by atoms with Crippen molar-refractivity contribution >= 4 is 5.70 Å². The van der Waals surface area contributed by atoms with E-state index in [9.17, 15) is 0 Å². The van der Waals surface area contributed by atoms with E-state index in [-0.39, 0.29) is 6.17 Å². The maximum Gasteiger partial charge on any atom is 0.142 e. The Balaban J connectivity index is 1.62. The van der Waals surface area contributed by atoms with Crippen molar-refractivity contribution in [3.8, 4) is 0 Å². The molecule has 1 heterocycles. The second-order valence-corrected chi connectivity index (χ2v) is 6.66. The van der Waals surface area contributed by atoms with Gasteiger partial charge in [0, 0.05) is 12.1 Å². The summed E-state index contributed by atoms with van der Waals surface area (Å²) in [6, 6.07) is 13.1. The molecule has 2 aromatic carbocycles. The molecule has 0 saturated heterocycles. The Morgan fingerprint density at radius 1 is 0.958 bits per heavy atom. The molecule has 0 spiro atoms. The molecule has 0 aliphatic carbocycles. The highest BCUT2D eigenvalue weighted by molar-refractivity contribution is 5.70. The molecule has 1 aliphatic heterocycles. The Kier molecular flexibility index (Phi) is 4.91. The monoisotopic (exact) mass is 319 g/mol. The molecule has 1 unspecified atom stereocenters. The Hall–Kier alpha value is -2.26. The third-order valence-electron chi connectivity index (χ3n) is 4.58. The number of azo groups is 1. The second kappa shape index (κ2) is 7.10. The van der Waals surface area contributed by atoms with Crippen LogP contribution in [0.3, 0.4) is 0 Å². The van der Waals surface area contributed by atoms with Crippen LogP contribution in [-0.2, 0) is 6.42 Å². The largest absolute Gasteiger partial charge is 0.291 e. The smallest absolute Gasteiger partial charge is 0.142 e. The first kappa shape index (κ1) is 16.6. The molecule has 1 aliphatic rings. The van der Waals surface area contributed by atoms with Crippen LogP contribution in [0, 0.1) is 27.7 Å². The van der Waals surface area contributed by atoms with Gasteiger partial charge in [-0.3, -0.25) is 5.32 Å². The molecular weight excluding hydrogens is 294 g/mol. The molecule has 1 N–H and O–H groups in total. The molecule has 0 radical (unpaired) electrons. The van der Waals surface area contributed by atoms with Crippen molar-refractivity contribution in [2.45, 2.75) is 40.3 Å². The zero-order valence-corrected chi connectivity index (χ0v) is 14.9. The van der Waals surface area contributed by atoms with Gasteiger partial charge in [0.25, 0.3) is 0 Å². The molecule has 0 amide bonds. The van der Waals surface area contributed by atoms with Crippen molar-refractivity contribution in [2.75, 3.05) is 6.54 Å². The Labute approximate surface area is 144 Å². The lowest BCUT2D eigenvalue weighted by molar-refractivity contribution is 0.607. The maximum absolute atomic E-state index is 4.39. The van der Waals surface area contributed by atoms with Gasteiger partial charge < -0.3 is 0 Å². The van der Waals surface area contributed by atoms with E-state index in [0.717, 1.165) is 18.7 Å². The fraction of sp³-hybridized carbons (Fsp3) is 0.333. The number of benzene rings is 2. The number of nitrogens with one attached hydrogen (secondary N) is 1. The molecule has 1 atom stereocenters. The van der Waals surface area contributed by atoms with Crippen molar-refractivity contribution in [3.05, 3.63) is 75.9 Å². The van der Waals surface area contributed by atoms with Crippen LogP contribution >= 0.6 is 0 Å². The first-order valence-electron chi connectivity index (χ1n) is 8.53. The summed E-state index contributed by atoms with van der Waals surface area (Å²) in [5.74, 6) is 0. The Bertz CT molecular complexity index is 785. The molecule has 124 valence electrons. The summed E-state index contributed by atoms with van der Waals surface area (Å²) in [5, 5.41) is 12.2. The molecule has 0 fully saturated rings. The van der Waals surface area contributed by atoms with Gasteiger partial charge in [-0.15, -0.1) is 0 Å². The lowest BCUT2D eigenvalue weighted by Gasteiger charge is -2.09. The highest BCUT2D eigenvalue weighted by atomic mass is 15.2. The summed E-state index contributed by atoms with van der Waals surface area (Å²) in [4.78, 5) is 0. The molecule has 3 heteroatoms. The molecule has 3 nitrogen and oxygen atoms in total. The second-order valence-electron chi connectivity index (χ2n) is 6.66. The van der Waals surface area contributed by atoms with Crippen LogP contribution in [-0.4, -0.2) is 12.7 Å². The predicted octanol–water partition coefficient (Wildman–Crippen LogP) is 4.89.